The minimum Gasteiger partial charge on any atom is -0.457 e. The van der Waals surface area contributed by atoms with Gasteiger partial charge in [0.05, 0.1) is 0 Å². The molecule has 2 amide bonds. The van der Waals surface area contributed by atoms with Crippen molar-refractivity contribution in [1.29, 1.82) is 0 Å². The fraction of sp³-hybridized carbons (Fsp3) is 0.152. The first kappa shape index (κ1) is 36.6. The molecular weight excluding hydrogens is 694 g/mol. The molecule has 1 N–H and O–H groups in total. The third kappa shape index (κ3) is 8.74. The van der Waals surface area contributed by atoms with Crippen LogP contribution in [0.15, 0.2) is 133 Å². The van der Waals surface area contributed by atoms with E-state index in [0.717, 1.165) is 16.8 Å². The van der Waals surface area contributed by atoms with Gasteiger partial charge in [-0.15, -0.1) is 0 Å². The Morgan fingerprint density at radius 3 is 1.89 bits per heavy atom. The first-order valence-electron chi connectivity index (χ1n) is 18.1. The van der Waals surface area contributed by atoms with Crippen molar-refractivity contribution in [2.24, 2.45) is 0 Å². The summed E-state index contributed by atoms with van der Waals surface area (Å²) in [5.74, 6) is 0.944. The highest BCUT2D eigenvalue weighted by Gasteiger charge is 2.25. The normalized spacial score (nSPS) is 12.6. The van der Waals surface area contributed by atoms with E-state index in [1.165, 1.54) is 18.2 Å². The van der Waals surface area contributed by atoms with Crippen LogP contribution < -0.4 is 19.7 Å². The van der Waals surface area contributed by atoms with Crippen molar-refractivity contribution in [3.63, 3.8) is 0 Å². The topological polar surface area (TPSA) is 88.2 Å². The number of ether oxygens (including phenoxy) is 2. The van der Waals surface area contributed by atoms with Crippen LogP contribution in [0.1, 0.15) is 49.1 Å². The number of nitrogens with one attached hydrogen (secondary N) is 1. The van der Waals surface area contributed by atoms with Gasteiger partial charge in [0.1, 0.15) is 28.8 Å². The highest BCUT2D eigenvalue weighted by molar-refractivity contribution is 6.07. The van der Waals surface area contributed by atoms with Crippen LogP contribution in [-0.4, -0.2) is 48.7 Å². The number of amides is 2. The molecule has 276 valence electrons. The molecule has 7 rings (SSSR count). The number of aryl methyl sites for hydroxylation is 2. The lowest BCUT2D eigenvalue weighted by Gasteiger charge is -2.36. The Hall–Kier alpha value is -6.74. The highest BCUT2D eigenvalue weighted by atomic mass is 19.1. The number of ketones is 1. The summed E-state index contributed by atoms with van der Waals surface area (Å²) in [5, 5.41) is 2.95. The Morgan fingerprint density at radius 2 is 1.24 bits per heavy atom. The van der Waals surface area contributed by atoms with Gasteiger partial charge < -0.3 is 24.6 Å². The molecule has 1 fully saturated rings. The summed E-state index contributed by atoms with van der Waals surface area (Å²) in [6.45, 7) is 7.77. The first-order chi connectivity index (χ1) is 26.6. The number of halogens is 1. The Morgan fingerprint density at radius 1 is 0.600 bits per heavy atom. The van der Waals surface area contributed by atoms with Gasteiger partial charge in [-0.25, -0.2) is 4.39 Å². The summed E-state index contributed by atoms with van der Waals surface area (Å²) < 4.78 is 27.4. The van der Waals surface area contributed by atoms with Crippen LogP contribution in [0.2, 0.25) is 0 Å². The van der Waals surface area contributed by atoms with Gasteiger partial charge in [-0.3, -0.25) is 14.4 Å². The number of anilines is 2. The van der Waals surface area contributed by atoms with E-state index in [9.17, 15) is 18.8 Å². The van der Waals surface area contributed by atoms with E-state index in [4.69, 9.17) is 9.47 Å². The molecule has 0 unspecified atom stereocenters. The van der Waals surface area contributed by atoms with E-state index < -0.39 is 11.7 Å². The minimum atomic E-state index is -0.503. The van der Waals surface area contributed by atoms with Crippen molar-refractivity contribution in [2.75, 3.05) is 36.4 Å². The number of rotatable bonds is 10. The van der Waals surface area contributed by atoms with Crippen LogP contribution in [-0.2, 0) is 0 Å². The predicted molar refractivity (Wildman–Crippen MR) is 213 cm³/mol. The average molecular weight is 734 g/mol. The first-order valence-corrected chi connectivity index (χ1v) is 18.1. The number of Topliss-reactive ketones (excluding diaryl/α,β-unsaturated/α-hetero) is 1. The third-order valence-corrected chi connectivity index (χ3v) is 9.56. The van der Waals surface area contributed by atoms with Gasteiger partial charge in [0, 0.05) is 65.4 Å². The molecule has 0 bridgehead atoms. The molecular formula is C46H40FN3O5. The summed E-state index contributed by atoms with van der Waals surface area (Å²) >= 11 is 0. The lowest BCUT2D eigenvalue weighted by molar-refractivity contribution is 0.0746. The van der Waals surface area contributed by atoms with Crippen LogP contribution in [0.5, 0.6) is 23.0 Å². The molecule has 0 atom stereocenters. The summed E-state index contributed by atoms with van der Waals surface area (Å²) in [6.07, 6.45) is 0. The smallest absolute Gasteiger partial charge is 0.255 e. The zero-order valence-electron chi connectivity index (χ0n) is 30.8. The van der Waals surface area contributed by atoms with E-state index in [2.05, 4.69) is 10.2 Å². The lowest BCUT2D eigenvalue weighted by atomic mass is 9.99. The van der Waals surface area contributed by atoms with Crippen molar-refractivity contribution < 1.29 is 28.2 Å². The van der Waals surface area contributed by atoms with Crippen molar-refractivity contribution in [1.82, 2.24) is 4.90 Å². The van der Waals surface area contributed by atoms with E-state index >= 15 is 0 Å². The van der Waals surface area contributed by atoms with Gasteiger partial charge in [0.2, 0.25) is 0 Å². The number of hydrogen-bond acceptors (Lipinski definition) is 6. The fourth-order valence-corrected chi connectivity index (χ4v) is 6.44. The van der Waals surface area contributed by atoms with E-state index in [0.29, 0.717) is 82.7 Å². The highest BCUT2D eigenvalue weighted by Crippen LogP contribution is 2.39. The molecule has 0 radical (unpaired) electrons. The molecule has 0 aliphatic carbocycles. The number of carbonyl (C=O) groups excluding carboxylic acids is 3. The molecule has 1 heterocycles. The van der Waals surface area contributed by atoms with Crippen LogP contribution in [0.25, 0.3) is 11.1 Å². The SMILES string of the molecule is CC(=O)c1ccc(N2CCN(C(=O)c3ccc(-c4cc(F)ccc4NC(=O)c4cccc(Oc5ccc(C)cc5)c4)c(Oc4ccc(C)cc4)c3)CC2)cc1. The Labute approximate surface area is 319 Å². The van der Waals surface area contributed by atoms with Gasteiger partial charge >= 0.3 is 0 Å². The minimum absolute atomic E-state index is 0.0168. The van der Waals surface area contributed by atoms with E-state index in [1.54, 1.807) is 54.3 Å². The molecule has 1 aliphatic rings. The molecule has 0 aromatic heterocycles. The molecule has 1 saturated heterocycles. The molecule has 6 aromatic carbocycles. The van der Waals surface area contributed by atoms with Gasteiger partial charge in [-0.1, -0.05) is 41.5 Å². The molecule has 55 heavy (non-hydrogen) atoms. The van der Waals surface area contributed by atoms with Crippen molar-refractivity contribution in [3.8, 4) is 34.1 Å². The van der Waals surface area contributed by atoms with Gasteiger partial charge in [0.15, 0.2) is 5.78 Å². The number of nitrogens with zero attached hydrogens (tertiary/aromatic N) is 2. The van der Waals surface area contributed by atoms with Crippen LogP contribution >= 0.6 is 0 Å². The monoisotopic (exact) mass is 733 g/mol. The molecule has 8 nitrogen and oxygen atoms in total. The average Bonchev–Trinajstić information content (AvgIpc) is 3.20. The van der Waals surface area contributed by atoms with Crippen LogP contribution in [0.4, 0.5) is 15.8 Å². The maximum absolute atomic E-state index is 15.0. The standard InChI is InChI=1S/C46H40FN3O5/c1-30-7-17-38(18-8-30)54-40-6-4-5-34(27-40)45(52)48-43-22-14-36(47)29-42(43)41-21-13-35(28-44(41)55-39-19-9-31(2)10-20-39)46(53)50-25-23-49(24-26-50)37-15-11-33(12-16-37)32(3)51/h4-22,27-29H,23-26H2,1-3H3,(H,48,52). The lowest BCUT2D eigenvalue weighted by Crippen LogP contribution is -2.48. The second-order valence-corrected chi connectivity index (χ2v) is 13.6. The van der Waals surface area contributed by atoms with Crippen LogP contribution in [0.3, 0.4) is 0 Å². The van der Waals surface area contributed by atoms with Gasteiger partial charge in [-0.2, -0.15) is 0 Å². The Balaban J connectivity index is 1.14. The van der Waals surface area contributed by atoms with Crippen molar-refractivity contribution >= 4 is 29.0 Å². The number of carbonyl (C=O) groups is 3. The van der Waals surface area contributed by atoms with Crippen LogP contribution in [0, 0.1) is 19.7 Å². The molecule has 9 heteroatoms. The largest absolute Gasteiger partial charge is 0.457 e. The maximum atomic E-state index is 15.0. The number of hydrogen-bond donors (Lipinski definition) is 1. The van der Waals surface area contributed by atoms with E-state index in [-0.39, 0.29) is 11.7 Å². The van der Waals surface area contributed by atoms with Crippen molar-refractivity contribution in [2.45, 2.75) is 20.8 Å². The number of benzene rings is 6. The fourth-order valence-electron chi connectivity index (χ4n) is 6.44. The Bertz CT molecular complexity index is 2350. The zero-order valence-corrected chi connectivity index (χ0v) is 30.8. The molecule has 1 aliphatic heterocycles. The summed E-state index contributed by atoms with van der Waals surface area (Å²) in [7, 11) is 0. The zero-order chi connectivity index (χ0) is 38.5. The summed E-state index contributed by atoms with van der Waals surface area (Å²) in [5.41, 5.74) is 5.80. The van der Waals surface area contributed by atoms with Crippen molar-refractivity contribution in [3.05, 3.63) is 167 Å². The summed E-state index contributed by atoms with van der Waals surface area (Å²) in [6, 6.07) is 38.7. The second-order valence-electron chi connectivity index (χ2n) is 13.6. The van der Waals surface area contributed by atoms with E-state index in [1.807, 2.05) is 86.6 Å². The number of piperazine rings is 1. The Kier molecular flexibility index (Phi) is 10.7. The molecule has 6 aromatic rings. The molecule has 0 spiro atoms. The van der Waals surface area contributed by atoms with Gasteiger partial charge in [-0.05, 0) is 124 Å². The van der Waals surface area contributed by atoms with Gasteiger partial charge in [0.25, 0.3) is 11.8 Å². The summed E-state index contributed by atoms with van der Waals surface area (Å²) in [4.78, 5) is 43.3. The second kappa shape index (κ2) is 16.1. The quantitative estimate of drug-likeness (QED) is 0.141. The molecule has 0 saturated carbocycles. The third-order valence-electron chi connectivity index (χ3n) is 9.56. The predicted octanol–water partition coefficient (Wildman–Crippen LogP) is 10.1. The maximum Gasteiger partial charge on any atom is 0.255 e.